The van der Waals surface area contributed by atoms with E-state index in [1.807, 2.05) is 0 Å². The average Bonchev–Trinajstić information content (AvgIpc) is 2.28. The molecule has 2 aliphatic rings. The molecule has 1 saturated heterocycles. The molecule has 3 nitrogen and oxygen atoms in total. The normalized spacial score (nSPS) is 23.2. The SMILES string of the molecule is C.CC1=CCN(C)CC1.CN1CCN(C)CC1. The van der Waals surface area contributed by atoms with E-state index < -0.39 is 0 Å². The first-order chi connectivity index (χ1) is 7.58. The highest BCUT2D eigenvalue weighted by molar-refractivity contribution is 5.02. The van der Waals surface area contributed by atoms with Gasteiger partial charge in [0.25, 0.3) is 0 Å². The van der Waals surface area contributed by atoms with E-state index in [2.05, 4.69) is 48.8 Å². The third kappa shape index (κ3) is 7.53. The van der Waals surface area contributed by atoms with Crippen molar-refractivity contribution in [1.29, 1.82) is 0 Å². The fraction of sp³-hybridized carbons (Fsp3) is 0.857. The molecule has 102 valence electrons. The maximum atomic E-state index is 2.36. The highest BCUT2D eigenvalue weighted by atomic mass is 15.2. The lowest BCUT2D eigenvalue weighted by Gasteiger charge is -2.28. The zero-order valence-corrected chi connectivity index (χ0v) is 11.4. The molecule has 0 spiro atoms. The lowest BCUT2D eigenvalue weighted by atomic mass is 10.1. The fourth-order valence-corrected chi connectivity index (χ4v) is 1.78. The Bertz CT molecular complexity index is 208. The standard InChI is InChI=1S/C7H13N.C6H14N2.CH4/c2*1-7-3-5-8(2)6-4-7;/h3H,4-6H2,1-2H3;3-6H2,1-2H3;1H4. The Kier molecular flexibility index (Phi) is 8.48. The van der Waals surface area contributed by atoms with E-state index >= 15 is 0 Å². The molecule has 0 radical (unpaired) electrons. The van der Waals surface area contributed by atoms with Crippen LogP contribution in [0.15, 0.2) is 11.6 Å². The molecule has 3 heteroatoms. The van der Waals surface area contributed by atoms with Gasteiger partial charge in [0.15, 0.2) is 0 Å². The van der Waals surface area contributed by atoms with Gasteiger partial charge in [-0.1, -0.05) is 19.1 Å². The van der Waals surface area contributed by atoms with Crippen molar-refractivity contribution in [2.75, 3.05) is 60.4 Å². The van der Waals surface area contributed by atoms with Crippen LogP contribution < -0.4 is 0 Å². The van der Waals surface area contributed by atoms with Crippen LogP contribution in [0, 0.1) is 0 Å². The van der Waals surface area contributed by atoms with Gasteiger partial charge in [0, 0.05) is 39.3 Å². The summed E-state index contributed by atoms with van der Waals surface area (Å²) in [6, 6.07) is 0. The summed E-state index contributed by atoms with van der Waals surface area (Å²) in [4.78, 5) is 7.05. The third-order valence-electron chi connectivity index (χ3n) is 3.37. The summed E-state index contributed by atoms with van der Waals surface area (Å²) in [5.41, 5.74) is 1.54. The topological polar surface area (TPSA) is 9.72 Å². The summed E-state index contributed by atoms with van der Waals surface area (Å²) in [6.45, 7) is 9.52. The van der Waals surface area contributed by atoms with Crippen molar-refractivity contribution < 1.29 is 0 Å². The Morgan fingerprint density at radius 1 is 0.824 bits per heavy atom. The zero-order chi connectivity index (χ0) is 12.0. The molecular weight excluding hydrogens is 210 g/mol. The molecule has 2 aliphatic heterocycles. The molecule has 0 saturated carbocycles. The van der Waals surface area contributed by atoms with Gasteiger partial charge in [-0.2, -0.15) is 0 Å². The maximum absolute atomic E-state index is 2.36. The second-order valence-corrected chi connectivity index (χ2v) is 5.17. The van der Waals surface area contributed by atoms with Gasteiger partial charge in [-0.15, -0.1) is 0 Å². The Hall–Kier alpha value is -0.380. The summed E-state index contributed by atoms with van der Waals surface area (Å²) in [7, 11) is 6.50. The first-order valence-corrected chi connectivity index (χ1v) is 6.29. The van der Waals surface area contributed by atoms with Crippen molar-refractivity contribution in [3.05, 3.63) is 11.6 Å². The van der Waals surface area contributed by atoms with E-state index in [0.717, 1.165) is 6.54 Å². The second-order valence-electron chi connectivity index (χ2n) is 5.17. The highest BCUT2D eigenvalue weighted by Crippen LogP contribution is 2.06. The van der Waals surface area contributed by atoms with Crippen LogP contribution in [0.1, 0.15) is 20.8 Å². The van der Waals surface area contributed by atoms with Crippen LogP contribution >= 0.6 is 0 Å². The molecule has 0 amide bonds. The van der Waals surface area contributed by atoms with Gasteiger partial charge in [0.1, 0.15) is 0 Å². The monoisotopic (exact) mass is 241 g/mol. The molecule has 0 atom stereocenters. The summed E-state index contributed by atoms with van der Waals surface area (Å²) >= 11 is 0. The van der Waals surface area contributed by atoms with Gasteiger partial charge in [-0.05, 0) is 34.5 Å². The van der Waals surface area contributed by atoms with Crippen molar-refractivity contribution in [3.8, 4) is 0 Å². The molecule has 2 rings (SSSR count). The lowest BCUT2D eigenvalue weighted by Crippen LogP contribution is -2.42. The highest BCUT2D eigenvalue weighted by Gasteiger charge is 2.07. The van der Waals surface area contributed by atoms with Crippen LogP contribution in [0.4, 0.5) is 0 Å². The van der Waals surface area contributed by atoms with Crippen molar-refractivity contribution in [2.24, 2.45) is 0 Å². The molecule has 0 aromatic heterocycles. The molecule has 2 heterocycles. The lowest BCUT2D eigenvalue weighted by molar-refractivity contribution is 0.181. The molecule has 0 aliphatic carbocycles. The van der Waals surface area contributed by atoms with Gasteiger partial charge in [-0.3, -0.25) is 0 Å². The van der Waals surface area contributed by atoms with E-state index in [4.69, 9.17) is 0 Å². The van der Waals surface area contributed by atoms with E-state index in [1.165, 1.54) is 39.1 Å². The third-order valence-corrected chi connectivity index (χ3v) is 3.37. The molecule has 1 fully saturated rings. The minimum absolute atomic E-state index is 0. The number of rotatable bonds is 0. The van der Waals surface area contributed by atoms with Crippen LogP contribution in [0.2, 0.25) is 0 Å². The smallest absolute Gasteiger partial charge is 0.0162 e. The molecule has 0 unspecified atom stereocenters. The van der Waals surface area contributed by atoms with Crippen molar-refractivity contribution >= 4 is 0 Å². The Morgan fingerprint density at radius 3 is 1.59 bits per heavy atom. The van der Waals surface area contributed by atoms with Crippen LogP contribution in [-0.2, 0) is 0 Å². The molecule has 17 heavy (non-hydrogen) atoms. The van der Waals surface area contributed by atoms with Gasteiger partial charge < -0.3 is 14.7 Å². The number of likely N-dealkylation sites (N-methyl/N-ethyl adjacent to an activating group) is 3. The predicted molar refractivity (Wildman–Crippen MR) is 77.6 cm³/mol. The Balaban J connectivity index is 0.000000284. The van der Waals surface area contributed by atoms with E-state index in [1.54, 1.807) is 5.57 Å². The maximum Gasteiger partial charge on any atom is 0.0162 e. The van der Waals surface area contributed by atoms with Gasteiger partial charge >= 0.3 is 0 Å². The largest absolute Gasteiger partial charge is 0.304 e. The summed E-state index contributed by atoms with van der Waals surface area (Å²) in [5.74, 6) is 0. The predicted octanol–water partition coefficient (Wildman–Crippen LogP) is 1.77. The minimum Gasteiger partial charge on any atom is -0.304 e. The average molecular weight is 241 g/mol. The molecule has 0 aromatic rings. The molecule has 0 N–H and O–H groups in total. The van der Waals surface area contributed by atoms with E-state index in [-0.39, 0.29) is 7.43 Å². The van der Waals surface area contributed by atoms with Crippen molar-refractivity contribution in [3.63, 3.8) is 0 Å². The number of hydrogen-bond donors (Lipinski definition) is 0. The van der Waals surface area contributed by atoms with Crippen LogP contribution in [-0.4, -0.2) is 75.1 Å². The van der Waals surface area contributed by atoms with Crippen LogP contribution in [0.3, 0.4) is 0 Å². The van der Waals surface area contributed by atoms with Crippen LogP contribution in [0.5, 0.6) is 0 Å². The molecule has 0 aromatic carbocycles. The summed E-state index contributed by atoms with van der Waals surface area (Å²) < 4.78 is 0. The van der Waals surface area contributed by atoms with Crippen molar-refractivity contribution in [1.82, 2.24) is 14.7 Å². The van der Waals surface area contributed by atoms with E-state index in [0.29, 0.717) is 0 Å². The van der Waals surface area contributed by atoms with Gasteiger partial charge in [-0.25, -0.2) is 0 Å². The van der Waals surface area contributed by atoms with E-state index in [9.17, 15) is 0 Å². The Morgan fingerprint density at radius 2 is 1.29 bits per heavy atom. The first kappa shape index (κ1) is 16.6. The number of hydrogen-bond acceptors (Lipinski definition) is 3. The fourth-order valence-electron chi connectivity index (χ4n) is 1.78. The quantitative estimate of drug-likeness (QED) is 0.599. The summed E-state index contributed by atoms with van der Waals surface area (Å²) in [6.07, 6.45) is 3.56. The zero-order valence-electron chi connectivity index (χ0n) is 11.4. The van der Waals surface area contributed by atoms with Gasteiger partial charge in [0.05, 0.1) is 0 Å². The number of nitrogens with zero attached hydrogens (tertiary/aromatic N) is 3. The second kappa shape index (κ2) is 8.67. The Labute approximate surface area is 108 Å². The van der Waals surface area contributed by atoms with Crippen molar-refractivity contribution in [2.45, 2.75) is 20.8 Å². The first-order valence-electron chi connectivity index (χ1n) is 6.29. The minimum atomic E-state index is 0. The van der Waals surface area contributed by atoms with Gasteiger partial charge in [0.2, 0.25) is 0 Å². The van der Waals surface area contributed by atoms with Crippen LogP contribution in [0.25, 0.3) is 0 Å². The number of piperazine rings is 1. The molecule has 0 bridgehead atoms. The molecular formula is C14H31N3. The summed E-state index contributed by atoms with van der Waals surface area (Å²) in [5, 5.41) is 0.